The second-order valence-electron chi connectivity index (χ2n) is 5.34. The van der Waals surface area contributed by atoms with Gasteiger partial charge in [-0.25, -0.2) is 9.78 Å². The number of benzene rings is 2. The van der Waals surface area contributed by atoms with E-state index in [4.69, 9.17) is 4.42 Å². The Balaban J connectivity index is 1.88. The molecule has 0 atom stereocenters. The van der Waals surface area contributed by atoms with Crippen molar-refractivity contribution in [3.05, 3.63) is 64.5 Å². The summed E-state index contributed by atoms with van der Waals surface area (Å²) in [5.74, 6) is 0. The van der Waals surface area contributed by atoms with Crippen molar-refractivity contribution in [2.24, 2.45) is 0 Å². The molecule has 0 saturated carbocycles. The van der Waals surface area contributed by atoms with Gasteiger partial charge in [0, 0.05) is 11.9 Å². The number of thiazole rings is 1. The summed E-state index contributed by atoms with van der Waals surface area (Å²) in [6, 6.07) is 15.6. The Labute approximate surface area is 136 Å². The van der Waals surface area contributed by atoms with E-state index < -0.39 is 0 Å². The highest BCUT2D eigenvalue weighted by molar-refractivity contribution is 7.21. The molecule has 0 saturated heterocycles. The van der Waals surface area contributed by atoms with Gasteiger partial charge in [0.2, 0.25) is 0 Å². The summed E-state index contributed by atoms with van der Waals surface area (Å²) in [6.45, 7) is 0.735. The fraction of sp³-hybridized carbons (Fsp3) is 0.111. The molecule has 4 nitrogen and oxygen atoms in total. The summed E-state index contributed by atoms with van der Waals surface area (Å²) in [5, 5.41) is 4.68. The van der Waals surface area contributed by atoms with Crippen LogP contribution in [0, 0.1) is 0 Å². The molecule has 23 heavy (non-hydrogen) atoms. The Morgan fingerprint density at radius 2 is 2.04 bits per heavy atom. The summed E-state index contributed by atoms with van der Waals surface area (Å²) < 4.78 is 6.57. The Morgan fingerprint density at radius 1 is 1.17 bits per heavy atom. The average molecular weight is 322 g/mol. The van der Waals surface area contributed by atoms with Crippen LogP contribution >= 0.6 is 11.3 Å². The number of aromatic nitrogens is 1. The lowest BCUT2D eigenvalue weighted by molar-refractivity contribution is 0.562. The SMILES string of the molecule is CNCc1ccc2cc(-c3nc4ccccc4s3)c(=O)oc2c1. The normalized spacial score (nSPS) is 11.3. The summed E-state index contributed by atoms with van der Waals surface area (Å²) in [6.07, 6.45) is 0. The average Bonchev–Trinajstić information content (AvgIpc) is 2.98. The molecule has 5 heteroatoms. The highest BCUT2D eigenvalue weighted by atomic mass is 32.1. The van der Waals surface area contributed by atoms with Gasteiger partial charge >= 0.3 is 5.63 Å². The van der Waals surface area contributed by atoms with E-state index in [1.165, 1.54) is 11.3 Å². The molecule has 0 aliphatic carbocycles. The van der Waals surface area contributed by atoms with Gasteiger partial charge in [0.15, 0.2) is 0 Å². The van der Waals surface area contributed by atoms with Gasteiger partial charge < -0.3 is 9.73 Å². The lowest BCUT2D eigenvalue weighted by Gasteiger charge is -2.03. The molecule has 114 valence electrons. The number of para-hydroxylation sites is 1. The molecule has 0 radical (unpaired) electrons. The van der Waals surface area contributed by atoms with Gasteiger partial charge in [-0.1, -0.05) is 24.3 Å². The van der Waals surface area contributed by atoms with Crippen LogP contribution in [0.2, 0.25) is 0 Å². The largest absolute Gasteiger partial charge is 0.422 e. The second kappa shape index (κ2) is 5.61. The molecule has 0 spiro atoms. The molecule has 1 N–H and O–H groups in total. The zero-order valence-electron chi connectivity index (χ0n) is 12.5. The van der Waals surface area contributed by atoms with Crippen molar-refractivity contribution in [1.82, 2.24) is 10.3 Å². The standard InChI is InChI=1S/C18H14N2O2S/c1-19-10-11-6-7-12-9-13(18(21)22-15(12)8-11)17-20-14-4-2-3-5-16(14)23-17/h2-9,19H,10H2,1H3. The third-order valence-corrected chi connectivity index (χ3v) is 4.78. The zero-order chi connectivity index (χ0) is 15.8. The van der Waals surface area contributed by atoms with Gasteiger partial charge in [-0.3, -0.25) is 0 Å². The minimum Gasteiger partial charge on any atom is -0.422 e. The number of nitrogens with zero attached hydrogens (tertiary/aromatic N) is 1. The molecule has 0 fully saturated rings. The van der Waals surface area contributed by atoms with Crippen LogP contribution in [0.5, 0.6) is 0 Å². The lowest BCUT2D eigenvalue weighted by atomic mass is 10.1. The molecule has 4 rings (SSSR count). The van der Waals surface area contributed by atoms with Crippen molar-refractivity contribution < 1.29 is 4.42 Å². The monoisotopic (exact) mass is 322 g/mol. The molecule has 0 aliphatic rings. The smallest absolute Gasteiger partial charge is 0.346 e. The van der Waals surface area contributed by atoms with Crippen molar-refractivity contribution in [2.75, 3.05) is 7.05 Å². The Hall–Kier alpha value is -2.50. The van der Waals surface area contributed by atoms with E-state index in [-0.39, 0.29) is 5.63 Å². The van der Waals surface area contributed by atoms with E-state index in [9.17, 15) is 4.79 Å². The first kappa shape index (κ1) is 14.1. The molecule has 2 aromatic carbocycles. The molecule has 2 aromatic heterocycles. The van der Waals surface area contributed by atoms with E-state index in [0.29, 0.717) is 16.2 Å². The van der Waals surface area contributed by atoms with Crippen molar-refractivity contribution in [2.45, 2.75) is 6.54 Å². The molecular weight excluding hydrogens is 308 g/mol. The van der Waals surface area contributed by atoms with E-state index >= 15 is 0 Å². The lowest BCUT2D eigenvalue weighted by Crippen LogP contribution is -2.06. The van der Waals surface area contributed by atoms with Crippen molar-refractivity contribution in [1.29, 1.82) is 0 Å². The highest BCUT2D eigenvalue weighted by Crippen LogP contribution is 2.29. The summed E-state index contributed by atoms with van der Waals surface area (Å²) >= 11 is 1.50. The first-order chi connectivity index (χ1) is 11.2. The molecule has 2 heterocycles. The molecular formula is C18H14N2O2S. The number of hydrogen-bond acceptors (Lipinski definition) is 5. The molecule has 4 aromatic rings. The van der Waals surface area contributed by atoms with Crippen LogP contribution in [0.3, 0.4) is 0 Å². The van der Waals surface area contributed by atoms with E-state index in [2.05, 4.69) is 10.3 Å². The van der Waals surface area contributed by atoms with E-state index in [0.717, 1.165) is 27.7 Å². The molecule has 0 unspecified atom stereocenters. The topological polar surface area (TPSA) is 55.1 Å². The minimum absolute atomic E-state index is 0.349. The Bertz CT molecular complexity index is 1030. The van der Waals surface area contributed by atoms with Crippen LogP contribution in [0.1, 0.15) is 5.56 Å². The van der Waals surface area contributed by atoms with Gasteiger partial charge in [0.05, 0.1) is 15.8 Å². The molecule has 0 aliphatic heterocycles. The van der Waals surface area contributed by atoms with Crippen molar-refractivity contribution >= 4 is 32.5 Å². The third kappa shape index (κ3) is 2.54. The van der Waals surface area contributed by atoms with Crippen LogP contribution in [0.25, 0.3) is 31.8 Å². The van der Waals surface area contributed by atoms with Crippen LogP contribution in [-0.4, -0.2) is 12.0 Å². The maximum Gasteiger partial charge on any atom is 0.346 e. The molecule has 0 bridgehead atoms. The summed E-state index contributed by atoms with van der Waals surface area (Å²) in [7, 11) is 1.89. The van der Waals surface area contributed by atoms with Gasteiger partial charge in [0.1, 0.15) is 10.6 Å². The number of nitrogens with one attached hydrogen (secondary N) is 1. The van der Waals surface area contributed by atoms with Crippen molar-refractivity contribution in [3.63, 3.8) is 0 Å². The van der Waals surface area contributed by atoms with Gasteiger partial charge in [-0.2, -0.15) is 0 Å². The third-order valence-electron chi connectivity index (χ3n) is 3.71. The molecule has 0 amide bonds. The van der Waals surface area contributed by atoms with Crippen LogP contribution in [-0.2, 0) is 6.54 Å². The number of fused-ring (bicyclic) bond motifs is 2. The predicted octanol–water partition coefficient (Wildman–Crippen LogP) is 3.79. The quantitative estimate of drug-likeness (QED) is 0.583. The zero-order valence-corrected chi connectivity index (χ0v) is 13.3. The second-order valence-corrected chi connectivity index (χ2v) is 6.37. The van der Waals surface area contributed by atoms with E-state index in [1.807, 2.05) is 55.6 Å². The van der Waals surface area contributed by atoms with Crippen molar-refractivity contribution in [3.8, 4) is 10.6 Å². The number of hydrogen-bond donors (Lipinski definition) is 1. The first-order valence-electron chi connectivity index (χ1n) is 7.32. The maximum atomic E-state index is 12.4. The van der Waals surface area contributed by atoms with Crippen LogP contribution in [0.4, 0.5) is 0 Å². The summed E-state index contributed by atoms with van der Waals surface area (Å²) in [5.41, 5.74) is 2.75. The Morgan fingerprint density at radius 3 is 2.87 bits per heavy atom. The summed E-state index contributed by atoms with van der Waals surface area (Å²) in [4.78, 5) is 16.9. The van der Waals surface area contributed by atoms with E-state index in [1.54, 1.807) is 0 Å². The fourth-order valence-corrected chi connectivity index (χ4v) is 3.58. The minimum atomic E-state index is -0.349. The van der Waals surface area contributed by atoms with Gasteiger partial charge in [-0.15, -0.1) is 11.3 Å². The maximum absolute atomic E-state index is 12.4. The van der Waals surface area contributed by atoms with Crippen LogP contribution in [0.15, 0.2) is 57.7 Å². The fourth-order valence-electron chi connectivity index (χ4n) is 2.61. The number of rotatable bonds is 3. The van der Waals surface area contributed by atoms with Gasteiger partial charge in [0.25, 0.3) is 0 Å². The highest BCUT2D eigenvalue weighted by Gasteiger charge is 2.12. The van der Waals surface area contributed by atoms with Gasteiger partial charge in [-0.05, 0) is 36.9 Å². The van der Waals surface area contributed by atoms with Crippen LogP contribution < -0.4 is 10.9 Å². The Kier molecular flexibility index (Phi) is 3.44. The first-order valence-corrected chi connectivity index (χ1v) is 8.13. The predicted molar refractivity (Wildman–Crippen MR) is 93.9 cm³/mol.